The number of halogens is 1. The second kappa shape index (κ2) is 3.50. The zero-order valence-corrected chi connectivity index (χ0v) is 8.52. The molecule has 0 fully saturated rings. The maximum Gasteiger partial charge on any atom is 0.168 e. The molecule has 3 nitrogen and oxygen atoms in total. The van der Waals surface area contributed by atoms with Crippen molar-refractivity contribution >= 4 is 23.1 Å². The van der Waals surface area contributed by atoms with Gasteiger partial charge in [-0.05, 0) is 12.1 Å². The maximum atomic E-state index is 11.6. The zero-order valence-electron chi connectivity index (χ0n) is 7.76. The second-order valence-corrected chi connectivity index (χ2v) is 3.51. The molecule has 1 aromatic rings. The van der Waals surface area contributed by atoms with Gasteiger partial charge in [0, 0.05) is 13.0 Å². The van der Waals surface area contributed by atoms with E-state index in [0.29, 0.717) is 29.3 Å². The van der Waals surface area contributed by atoms with Gasteiger partial charge in [-0.15, -0.1) is 0 Å². The van der Waals surface area contributed by atoms with Crippen LogP contribution in [-0.2, 0) is 0 Å². The quantitative estimate of drug-likeness (QED) is 0.775. The van der Waals surface area contributed by atoms with E-state index in [1.165, 1.54) is 0 Å². The van der Waals surface area contributed by atoms with E-state index in [1.54, 1.807) is 19.2 Å². The van der Waals surface area contributed by atoms with Crippen LogP contribution < -0.4 is 10.1 Å². The molecule has 0 saturated heterocycles. The summed E-state index contributed by atoms with van der Waals surface area (Å²) in [6.45, 7) is 0.641. The van der Waals surface area contributed by atoms with Crippen molar-refractivity contribution < 1.29 is 9.53 Å². The molecule has 0 spiro atoms. The van der Waals surface area contributed by atoms with Crippen LogP contribution in [-0.4, -0.2) is 19.4 Å². The standard InChI is InChI=1S/C10H10ClNO2/c1-14-8-3-2-6(11)9-7(13)4-5-12-10(8)9/h2-3,12H,4-5H2,1H3. The van der Waals surface area contributed by atoms with E-state index in [2.05, 4.69) is 5.32 Å². The average molecular weight is 212 g/mol. The van der Waals surface area contributed by atoms with Crippen LogP contribution in [0.15, 0.2) is 12.1 Å². The normalized spacial score (nSPS) is 14.6. The van der Waals surface area contributed by atoms with E-state index < -0.39 is 0 Å². The molecule has 1 aliphatic rings. The van der Waals surface area contributed by atoms with Crippen LogP contribution in [0.2, 0.25) is 5.02 Å². The van der Waals surface area contributed by atoms with Crippen molar-refractivity contribution in [2.75, 3.05) is 19.0 Å². The fourth-order valence-electron chi connectivity index (χ4n) is 1.60. The fraction of sp³-hybridized carbons (Fsp3) is 0.300. The Balaban J connectivity index is 2.63. The number of ether oxygens (including phenoxy) is 1. The first-order chi connectivity index (χ1) is 6.74. The van der Waals surface area contributed by atoms with Crippen molar-refractivity contribution in [1.82, 2.24) is 0 Å². The van der Waals surface area contributed by atoms with E-state index in [-0.39, 0.29) is 5.78 Å². The van der Waals surface area contributed by atoms with E-state index in [1.807, 2.05) is 0 Å². The van der Waals surface area contributed by atoms with Crippen LogP contribution in [0.4, 0.5) is 5.69 Å². The molecular formula is C10H10ClNO2. The summed E-state index contributed by atoms with van der Waals surface area (Å²) in [5, 5.41) is 3.61. The predicted octanol–water partition coefficient (Wildman–Crippen LogP) is 2.35. The monoisotopic (exact) mass is 211 g/mol. The summed E-state index contributed by atoms with van der Waals surface area (Å²) < 4.78 is 5.14. The number of nitrogens with one attached hydrogen (secondary N) is 1. The largest absolute Gasteiger partial charge is 0.495 e. The molecule has 0 aromatic heterocycles. The summed E-state index contributed by atoms with van der Waals surface area (Å²) in [5.74, 6) is 0.736. The summed E-state index contributed by atoms with van der Waals surface area (Å²) in [7, 11) is 1.57. The molecule has 74 valence electrons. The Morgan fingerprint density at radius 1 is 1.50 bits per heavy atom. The number of hydrogen-bond donors (Lipinski definition) is 1. The lowest BCUT2D eigenvalue weighted by molar-refractivity contribution is 0.0983. The minimum Gasteiger partial charge on any atom is -0.495 e. The topological polar surface area (TPSA) is 38.3 Å². The first kappa shape index (κ1) is 9.34. The van der Waals surface area contributed by atoms with Gasteiger partial charge in [0.15, 0.2) is 5.78 Å². The Hall–Kier alpha value is -1.22. The Labute approximate surface area is 87.0 Å². The van der Waals surface area contributed by atoms with Gasteiger partial charge in [-0.3, -0.25) is 4.79 Å². The average Bonchev–Trinajstić information content (AvgIpc) is 2.18. The van der Waals surface area contributed by atoms with Crippen molar-refractivity contribution in [2.45, 2.75) is 6.42 Å². The summed E-state index contributed by atoms with van der Waals surface area (Å²) in [4.78, 5) is 11.6. The summed E-state index contributed by atoms with van der Waals surface area (Å²) in [6, 6.07) is 3.44. The van der Waals surface area contributed by atoms with E-state index in [4.69, 9.17) is 16.3 Å². The summed E-state index contributed by atoms with van der Waals surface area (Å²) in [6.07, 6.45) is 0.486. The molecule has 14 heavy (non-hydrogen) atoms. The van der Waals surface area contributed by atoms with E-state index in [9.17, 15) is 4.79 Å². The number of carbonyl (C=O) groups is 1. The molecule has 1 aliphatic heterocycles. The fourth-order valence-corrected chi connectivity index (χ4v) is 1.87. The first-order valence-electron chi connectivity index (χ1n) is 4.37. The van der Waals surface area contributed by atoms with Gasteiger partial charge < -0.3 is 10.1 Å². The summed E-state index contributed by atoms with van der Waals surface area (Å²) >= 11 is 5.95. The van der Waals surface area contributed by atoms with Crippen molar-refractivity contribution in [1.29, 1.82) is 0 Å². The molecule has 1 heterocycles. The Bertz CT molecular complexity index is 390. The van der Waals surface area contributed by atoms with Crippen LogP contribution in [0.25, 0.3) is 0 Å². The van der Waals surface area contributed by atoms with Gasteiger partial charge >= 0.3 is 0 Å². The number of carbonyl (C=O) groups excluding carboxylic acids is 1. The lowest BCUT2D eigenvalue weighted by Crippen LogP contribution is -2.19. The smallest absolute Gasteiger partial charge is 0.168 e. The Morgan fingerprint density at radius 2 is 2.29 bits per heavy atom. The number of ketones is 1. The van der Waals surface area contributed by atoms with Crippen LogP contribution in [0.3, 0.4) is 0 Å². The SMILES string of the molecule is COc1ccc(Cl)c2c1NCCC2=O. The molecule has 1 aromatic carbocycles. The Kier molecular flexibility index (Phi) is 2.33. The maximum absolute atomic E-state index is 11.6. The molecule has 0 saturated carbocycles. The van der Waals surface area contributed by atoms with Crippen LogP contribution in [0, 0.1) is 0 Å². The minimum atomic E-state index is 0.0719. The van der Waals surface area contributed by atoms with Gasteiger partial charge in [0.25, 0.3) is 0 Å². The highest BCUT2D eigenvalue weighted by molar-refractivity contribution is 6.35. The lowest BCUT2D eigenvalue weighted by Gasteiger charge is -2.20. The third-order valence-electron chi connectivity index (χ3n) is 2.27. The number of anilines is 1. The third kappa shape index (κ3) is 1.34. The highest BCUT2D eigenvalue weighted by Gasteiger charge is 2.22. The van der Waals surface area contributed by atoms with Crippen LogP contribution in [0.1, 0.15) is 16.8 Å². The minimum absolute atomic E-state index is 0.0719. The number of hydrogen-bond acceptors (Lipinski definition) is 3. The molecule has 2 rings (SSSR count). The molecule has 4 heteroatoms. The van der Waals surface area contributed by atoms with Gasteiger partial charge in [-0.1, -0.05) is 11.6 Å². The van der Waals surface area contributed by atoms with Gasteiger partial charge in [0.2, 0.25) is 0 Å². The number of rotatable bonds is 1. The number of benzene rings is 1. The molecule has 0 amide bonds. The molecule has 1 N–H and O–H groups in total. The molecule has 0 unspecified atom stereocenters. The number of methoxy groups -OCH3 is 1. The van der Waals surface area contributed by atoms with Crippen molar-refractivity contribution in [3.8, 4) is 5.75 Å². The number of Topliss-reactive ketones (excluding diaryl/α,β-unsaturated/α-hetero) is 1. The van der Waals surface area contributed by atoms with Gasteiger partial charge in [0.05, 0.1) is 23.4 Å². The van der Waals surface area contributed by atoms with Crippen LogP contribution in [0.5, 0.6) is 5.75 Å². The van der Waals surface area contributed by atoms with Crippen molar-refractivity contribution in [2.24, 2.45) is 0 Å². The number of fused-ring (bicyclic) bond motifs is 1. The molecule has 0 radical (unpaired) electrons. The second-order valence-electron chi connectivity index (χ2n) is 3.10. The van der Waals surface area contributed by atoms with Crippen LogP contribution >= 0.6 is 11.6 Å². The molecular weight excluding hydrogens is 202 g/mol. The highest BCUT2D eigenvalue weighted by atomic mass is 35.5. The van der Waals surface area contributed by atoms with Gasteiger partial charge in [-0.2, -0.15) is 0 Å². The first-order valence-corrected chi connectivity index (χ1v) is 4.75. The molecule has 0 aliphatic carbocycles. The van der Waals surface area contributed by atoms with E-state index in [0.717, 1.165) is 5.69 Å². The molecule has 0 atom stereocenters. The Morgan fingerprint density at radius 3 is 3.00 bits per heavy atom. The molecule has 0 bridgehead atoms. The van der Waals surface area contributed by atoms with Gasteiger partial charge in [0.1, 0.15) is 5.75 Å². The summed E-state index contributed by atoms with van der Waals surface area (Å²) in [5.41, 5.74) is 1.27. The van der Waals surface area contributed by atoms with Crippen molar-refractivity contribution in [3.05, 3.63) is 22.7 Å². The lowest BCUT2D eigenvalue weighted by atomic mass is 10.0. The zero-order chi connectivity index (χ0) is 10.1. The predicted molar refractivity (Wildman–Crippen MR) is 55.4 cm³/mol. The third-order valence-corrected chi connectivity index (χ3v) is 2.58. The van der Waals surface area contributed by atoms with Gasteiger partial charge in [-0.25, -0.2) is 0 Å². The van der Waals surface area contributed by atoms with E-state index >= 15 is 0 Å². The highest BCUT2D eigenvalue weighted by Crippen LogP contribution is 2.36. The van der Waals surface area contributed by atoms with Crippen molar-refractivity contribution in [3.63, 3.8) is 0 Å².